The molecule has 20 heavy (non-hydrogen) atoms. The molecule has 1 aromatic rings. The second-order valence-electron chi connectivity index (χ2n) is 4.27. The van der Waals surface area contributed by atoms with E-state index in [-0.39, 0.29) is 6.29 Å². The van der Waals surface area contributed by atoms with Crippen molar-refractivity contribution in [2.75, 3.05) is 19.0 Å². The Labute approximate surface area is 119 Å². The molecular weight excluding hydrogens is 293 g/mol. The molecule has 4 nitrogen and oxygen atoms in total. The highest BCUT2D eigenvalue weighted by Crippen LogP contribution is 2.27. The third kappa shape index (κ3) is 4.92. The molecule has 0 radical (unpaired) electrons. The quantitative estimate of drug-likeness (QED) is 0.617. The number of aromatic nitrogens is 2. The lowest BCUT2D eigenvalue weighted by Crippen LogP contribution is -2.23. The van der Waals surface area contributed by atoms with Gasteiger partial charge in [0.05, 0.1) is 6.61 Å². The molecule has 1 unspecified atom stereocenters. The molecule has 0 bridgehead atoms. The Bertz CT molecular complexity index is 408. The maximum absolute atomic E-state index is 12.3. The van der Waals surface area contributed by atoms with Gasteiger partial charge in [-0.05, 0) is 31.4 Å². The van der Waals surface area contributed by atoms with Gasteiger partial charge in [-0.15, -0.1) is 22.0 Å². The van der Waals surface area contributed by atoms with E-state index in [2.05, 4.69) is 10.2 Å². The van der Waals surface area contributed by atoms with E-state index in [1.807, 2.05) is 0 Å². The molecule has 0 aliphatic carbocycles. The molecule has 1 fully saturated rings. The minimum Gasteiger partial charge on any atom is -0.353 e. The van der Waals surface area contributed by atoms with Crippen molar-refractivity contribution in [1.29, 1.82) is 0 Å². The highest BCUT2D eigenvalue weighted by Gasteiger charge is 2.32. The van der Waals surface area contributed by atoms with Crippen LogP contribution in [0.25, 0.3) is 0 Å². The average molecular weight is 308 g/mol. The van der Waals surface area contributed by atoms with Gasteiger partial charge in [-0.1, -0.05) is 0 Å². The first-order chi connectivity index (χ1) is 9.55. The molecule has 8 heteroatoms. The van der Waals surface area contributed by atoms with E-state index in [1.54, 1.807) is 0 Å². The van der Waals surface area contributed by atoms with Crippen LogP contribution in [-0.4, -0.2) is 35.5 Å². The molecule has 0 aromatic carbocycles. The predicted octanol–water partition coefficient (Wildman–Crippen LogP) is 3.13. The number of nitrogens with zero attached hydrogens (tertiary/aromatic N) is 2. The molecule has 0 N–H and O–H groups in total. The summed E-state index contributed by atoms with van der Waals surface area (Å²) in [7, 11) is 0. The van der Waals surface area contributed by atoms with Crippen molar-refractivity contribution in [3.05, 3.63) is 17.8 Å². The van der Waals surface area contributed by atoms with Crippen LogP contribution in [0.1, 0.15) is 25.0 Å². The first kappa shape index (κ1) is 15.5. The van der Waals surface area contributed by atoms with Crippen LogP contribution in [0.2, 0.25) is 0 Å². The fourth-order valence-electron chi connectivity index (χ4n) is 1.72. The van der Waals surface area contributed by atoms with Crippen molar-refractivity contribution in [2.45, 2.75) is 36.8 Å². The van der Waals surface area contributed by atoms with Crippen molar-refractivity contribution < 1.29 is 22.6 Å². The van der Waals surface area contributed by atoms with Gasteiger partial charge in [0.1, 0.15) is 5.03 Å². The van der Waals surface area contributed by atoms with Crippen molar-refractivity contribution in [1.82, 2.24) is 10.2 Å². The maximum Gasteiger partial charge on any atom is 0.435 e. The van der Waals surface area contributed by atoms with Gasteiger partial charge in [0.25, 0.3) is 0 Å². The highest BCUT2D eigenvalue weighted by molar-refractivity contribution is 7.99. The number of rotatable bonds is 5. The predicted molar refractivity (Wildman–Crippen MR) is 67.3 cm³/mol. The number of hydrogen-bond acceptors (Lipinski definition) is 5. The molecule has 0 spiro atoms. The second-order valence-corrected chi connectivity index (χ2v) is 5.39. The van der Waals surface area contributed by atoms with Crippen molar-refractivity contribution >= 4 is 11.8 Å². The van der Waals surface area contributed by atoms with Crippen molar-refractivity contribution in [3.8, 4) is 0 Å². The van der Waals surface area contributed by atoms with Crippen LogP contribution in [0.15, 0.2) is 17.2 Å². The lowest BCUT2D eigenvalue weighted by molar-refractivity contribution is -0.158. The largest absolute Gasteiger partial charge is 0.435 e. The van der Waals surface area contributed by atoms with Gasteiger partial charge in [-0.25, -0.2) is 0 Å². The molecule has 2 rings (SSSR count). The van der Waals surface area contributed by atoms with Gasteiger partial charge < -0.3 is 9.47 Å². The molecule has 1 saturated heterocycles. The monoisotopic (exact) mass is 308 g/mol. The van der Waals surface area contributed by atoms with Crippen LogP contribution < -0.4 is 0 Å². The molecule has 1 aromatic heterocycles. The van der Waals surface area contributed by atoms with Gasteiger partial charge in [-0.3, -0.25) is 0 Å². The molecule has 112 valence electrons. The van der Waals surface area contributed by atoms with E-state index in [9.17, 15) is 13.2 Å². The van der Waals surface area contributed by atoms with Crippen LogP contribution in [0, 0.1) is 0 Å². The summed E-state index contributed by atoms with van der Waals surface area (Å²) in [5.74, 6) is 0.597. The summed E-state index contributed by atoms with van der Waals surface area (Å²) in [6, 6.07) is 2.25. The Morgan fingerprint density at radius 3 is 2.75 bits per heavy atom. The number of hydrogen-bond donors (Lipinski definition) is 0. The number of thioether (sulfide) groups is 1. The number of halogens is 3. The maximum atomic E-state index is 12.3. The van der Waals surface area contributed by atoms with Gasteiger partial charge in [0, 0.05) is 12.4 Å². The summed E-state index contributed by atoms with van der Waals surface area (Å²) >= 11 is 1.31. The number of alkyl halides is 3. The number of ether oxygens (including phenoxy) is 2. The first-order valence-electron chi connectivity index (χ1n) is 6.32. The summed E-state index contributed by atoms with van der Waals surface area (Å²) in [4.78, 5) is 0. The minimum atomic E-state index is -4.45. The third-order valence-corrected chi connectivity index (χ3v) is 3.59. The smallest absolute Gasteiger partial charge is 0.353 e. The van der Waals surface area contributed by atoms with Crippen molar-refractivity contribution in [2.24, 2.45) is 0 Å². The zero-order chi connectivity index (χ0) is 14.4. The molecule has 1 aliphatic heterocycles. The van der Waals surface area contributed by atoms with E-state index in [0.717, 1.165) is 31.9 Å². The third-order valence-electron chi connectivity index (χ3n) is 2.71. The van der Waals surface area contributed by atoms with E-state index in [1.165, 1.54) is 17.8 Å². The fourth-order valence-corrected chi connectivity index (χ4v) is 2.37. The van der Waals surface area contributed by atoms with E-state index >= 15 is 0 Å². The highest BCUT2D eigenvalue weighted by atomic mass is 32.2. The Morgan fingerprint density at radius 1 is 1.30 bits per heavy atom. The molecule has 1 aliphatic rings. The standard InChI is InChI=1S/C12H15F3N2O2S/c13-12(14,15)9-4-5-10(17-16-9)20-8-7-19-11-3-1-2-6-18-11/h4-5,11H,1-3,6-8H2. The average Bonchev–Trinajstić information content (AvgIpc) is 2.44. The van der Waals surface area contributed by atoms with Crippen LogP contribution in [0.4, 0.5) is 13.2 Å². The van der Waals surface area contributed by atoms with Gasteiger partial charge in [0.15, 0.2) is 12.0 Å². The summed E-state index contributed by atoms with van der Waals surface area (Å²) in [6.07, 6.45) is -1.54. The van der Waals surface area contributed by atoms with Gasteiger partial charge in [0.2, 0.25) is 0 Å². The van der Waals surface area contributed by atoms with Crippen LogP contribution in [-0.2, 0) is 15.7 Å². The Hall–Kier alpha value is -0.860. The summed E-state index contributed by atoms with van der Waals surface area (Å²) < 4.78 is 47.8. The molecule has 0 amide bonds. The summed E-state index contributed by atoms with van der Waals surface area (Å²) in [5.41, 5.74) is -0.978. The zero-order valence-corrected chi connectivity index (χ0v) is 11.5. The Balaban J connectivity index is 1.68. The molecule has 1 atom stereocenters. The van der Waals surface area contributed by atoms with Crippen LogP contribution >= 0.6 is 11.8 Å². The van der Waals surface area contributed by atoms with E-state index in [4.69, 9.17) is 9.47 Å². The topological polar surface area (TPSA) is 44.2 Å². The fraction of sp³-hybridized carbons (Fsp3) is 0.667. The first-order valence-corrected chi connectivity index (χ1v) is 7.31. The Kier molecular flexibility index (Phi) is 5.62. The second kappa shape index (κ2) is 7.24. The van der Waals surface area contributed by atoms with E-state index < -0.39 is 11.9 Å². The van der Waals surface area contributed by atoms with Gasteiger partial charge in [-0.2, -0.15) is 13.2 Å². The van der Waals surface area contributed by atoms with Crippen LogP contribution in [0.5, 0.6) is 0 Å². The lowest BCUT2D eigenvalue weighted by Gasteiger charge is -2.22. The molecule has 2 heterocycles. The minimum absolute atomic E-state index is 0.150. The van der Waals surface area contributed by atoms with E-state index in [0.29, 0.717) is 17.4 Å². The van der Waals surface area contributed by atoms with Crippen LogP contribution in [0.3, 0.4) is 0 Å². The van der Waals surface area contributed by atoms with Crippen molar-refractivity contribution in [3.63, 3.8) is 0 Å². The van der Waals surface area contributed by atoms with Gasteiger partial charge >= 0.3 is 6.18 Å². The SMILES string of the molecule is FC(F)(F)c1ccc(SCCOC2CCCCO2)nn1. The summed E-state index contributed by atoms with van der Waals surface area (Å²) in [6.45, 7) is 1.19. The lowest BCUT2D eigenvalue weighted by atomic mass is 10.2. The summed E-state index contributed by atoms with van der Waals surface area (Å²) in [5, 5.41) is 7.14. The zero-order valence-electron chi connectivity index (χ0n) is 10.7. The molecule has 0 saturated carbocycles. The Morgan fingerprint density at radius 2 is 2.15 bits per heavy atom. The molecular formula is C12H15F3N2O2S. The normalized spacial score (nSPS) is 20.1.